The number of phenolic OH excluding ortho intramolecular Hbond substituents is 1. The van der Waals surface area contributed by atoms with Gasteiger partial charge in [0.05, 0.1) is 0 Å². The Balaban J connectivity index is 2.02. The first-order valence-corrected chi connectivity index (χ1v) is 5.15. The van der Waals surface area contributed by atoms with Gasteiger partial charge in [-0.3, -0.25) is 0 Å². The van der Waals surface area contributed by atoms with Crippen LogP contribution in [0.25, 0.3) is 0 Å². The maximum atomic E-state index is 9.11. The van der Waals surface area contributed by atoms with Gasteiger partial charge in [-0.2, -0.15) is 0 Å². The predicted molar refractivity (Wildman–Crippen MR) is 61.7 cm³/mol. The van der Waals surface area contributed by atoms with E-state index in [0.717, 1.165) is 5.56 Å². The van der Waals surface area contributed by atoms with Gasteiger partial charge in [0.15, 0.2) is 10.9 Å². The minimum atomic E-state index is 0.239. The summed E-state index contributed by atoms with van der Waals surface area (Å²) in [5.74, 6) is 0.792. The Labute approximate surface area is 98.3 Å². The lowest BCUT2D eigenvalue weighted by atomic mass is 10.2. The smallest absolute Gasteiger partial charge is 0.171 e. The Morgan fingerprint density at radius 1 is 1.19 bits per heavy atom. The van der Waals surface area contributed by atoms with Crippen molar-refractivity contribution < 1.29 is 9.84 Å². The lowest BCUT2D eigenvalue weighted by Crippen LogP contribution is -1.96. The molecule has 16 heavy (non-hydrogen) atoms. The summed E-state index contributed by atoms with van der Waals surface area (Å²) in [5, 5.41) is 9.46. The fourth-order valence-electron chi connectivity index (χ4n) is 1.23. The maximum Gasteiger partial charge on any atom is 0.171 e. The second-order valence-electron chi connectivity index (χ2n) is 3.25. The molecule has 1 N–H and O–H groups in total. The lowest BCUT2D eigenvalue weighted by Gasteiger charge is -2.06. The number of aromatic nitrogens is 1. The second kappa shape index (κ2) is 4.86. The summed E-state index contributed by atoms with van der Waals surface area (Å²) < 4.78 is 5.49. The molecule has 0 saturated heterocycles. The Hall–Kier alpha value is -1.74. The van der Waals surface area contributed by atoms with Crippen LogP contribution in [-0.4, -0.2) is 10.1 Å². The van der Waals surface area contributed by atoms with Crippen molar-refractivity contribution in [2.45, 2.75) is 6.61 Å². The number of hydrogen-bond acceptors (Lipinski definition) is 3. The third-order valence-corrected chi connectivity index (χ3v) is 2.34. The summed E-state index contributed by atoms with van der Waals surface area (Å²) in [7, 11) is 0. The number of hydrogen-bond donors (Lipinski definition) is 1. The Kier molecular flexibility index (Phi) is 3.27. The van der Waals surface area contributed by atoms with Crippen molar-refractivity contribution in [3.05, 3.63) is 53.3 Å². The molecule has 0 atom stereocenters. The molecule has 1 aromatic heterocycles. The average Bonchev–Trinajstić information content (AvgIpc) is 2.30. The van der Waals surface area contributed by atoms with E-state index >= 15 is 0 Å². The van der Waals surface area contributed by atoms with E-state index in [1.165, 1.54) is 0 Å². The summed E-state index contributed by atoms with van der Waals surface area (Å²) in [6, 6.07) is 10.3. The standard InChI is InChI=1S/C12H10ClNO2/c13-12-11(2-1-7-14-12)16-8-9-3-5-10(15)6-4-9/h1-7,15H,8H2. The van der Waals surface area contributed by atoms with E-state index in [9.17, 15) is 0 Å². The number of nitrogens with zero attached hydrogens (tertiary/aromatic N) is 1. The fraction of sp³-hybridized carbons (Fsp3) is 0.0833. The molecular weight excluding hydrogens is 226 g/mol. The largest absolute Gasteiger partial charge is 0.508 e. The summed E-state index contributed by atoms with van der Waals surface area (Å²) in [5.41, 5.74) is 0.956. The minimum Gasteiger partial charge on any atom is -0.508 e. The quantitative estimate of drug-likeness (QED) is 0.832. The number of benzene rings is 1. The first kappa shape index (κ1) is 10.8. The van der Waals surface area contributed by atoms with Crippen molar-refractivity contribution in [3.63, 3.8) is 0 Å². The molecule has 0 spiro atoms. The molecule has 0 unspecified atom stereocenters. The molecule has 0 radical (unpaired) electrons. The van der Waals surface area contributed by atoms with E-state index in [4.69, 9.17) is 21.4 Å². The number of halogens is 1. The summed E-state index contributed by atoms with van der Waals surface area (Å²) in [4.78, 5) is 3.91. The van der Waals surface area contributed by atoms with E-state index < -0.39 is 0 Å². The molecule has 0 aliphatic carbocycles. The second-order valence-corrected chi connectivity index (χ2v) is 3.61. The third-order valence-electron chi connectivity index (χ3n) is 2.06. The van der Waals surface area contributed by atoms with Crippen LogP contribution >= 0.6 is 11.6 Å². The number of phenols is 1. The van der Waals surface area contributed by atoms with Crippen LogP contribution in [0.15, 0.2) is 42.6 Å². The first-order chi connectivity index (χ1) is 7.75. The van der Waals surface area contributed by atoms with Gasteiger partial charge in [-0.1, -0.05) is 23.7 Å². The number of pyridine rings is 1. The molecule has 3 nitrogen and oxygen atoms in total. The van der Waals surface area contributed by atoms with Crippen molar-refractivity contribution in [3.8, 4) is 11.5 Å². The van der Waals surface area contributed by atoms with Gasteiger partial charge in [0.2, 0.25) is 0 Å². The molecule has 1 heterocycles. The number of ether oxygens (including phenoxy) is 1. The predicted octanol–water partition coefficient (Wildman–Crippen LogP) is 3.02. The van der Waals surface area contributed by atoms with Gasteiger partial charge in [0.25, 0.3) is 0 Å². The van der Waals surface area contributed by atoms with Crippen LogP contribution in [0, 0.1) is 0 Å². The highest BCUT2D eigenvalue weighted by Crippen LogP contribution is 2.21. The number of rotatable bonds is 3. The molecule has 0 aliphatic rings. The Morgan fingerprint density at radius 3 is 2.62 bits per heavy atom. The van der Waals surface area contributed by atoms with Gasteiger partial charge in [-0.15, -0.1) is 0 Å². The van der Waals surface area contributed by atoms with Gasteiger partial charge < -0.3 is 9.84 Å². The van der Waals surface area contributed by atoms with E-state index in [0.29, 0.717) is 17.5 Å². The highest BCUT2D eigenvalue weighted by molar-refractivity contribution is 6.30. The molecule has 0 aliphatic heterocycles. The van der Waals surface area contributed by atoms with Crippen molar-refractivity contribution >= 4 is 11.6 Å². The summed E-state index contributed by atoms with van der Waals surface area (Å²) in [6.07, 6.45) is 1.61. The molecule has 1 aromatic carbocycles. The van der Waals surface area contributed by atoms with Gasteiger partial charge in [-0.05, 0) is 29.8 Å². The Bertz CT molecular complexity index is 471. The maximum absolute atomic E-state index is 9.11. The van der Waals surface area contributed by atoms with Crippen molar-refractivity contribution in [2.75, 3.05) is 0 Å². The lowest BCUT2D eigenvalue weighted by molar-refractivity contribution is 0.305. The molecule has 82 valence electrons. The minimum absolute atomic E-state index is 0.239. The van der Waals surface area contributed by atoms with Crippen molar-refractivity contribution in [1.82, 2.24) is 4.98 Å². The highest BCUT2D eigenvalue weighted by Gasteiger charge is 2.01. The normalized spacial score (nSPS) is 10.1. The van der Waals surface area contributed by atoms with E-state index in [1.54, 1.807) is 42.6 Å². The van der Waals surface area contributed by atoms with Gasteiger partial charge in [-0.25, -0.2) is 4.98 Å². The number of aromatic hydroxyl groups is 1. The van der Waals surface area contributed by atoms with Crippen LogP contribution in [0.4, 0.5) is 0 Å². The van der Waals surface area contributed by atoms with Crippen LogP contribution in [0.2, 0.25) is 5.15 Å². The van der Waals surface area contributed by atoms with Crippen LogP contribution < -0.4 is 4.74 Å². The summed E-state index contributed by atoms with van der Waals surface area (Å²) >= 11 is 5.84. The highest BCUT2D eigenvalue weighted by atomic mass is 35.5. The van der Waals surface area contributed by atoms with Crippen molar-refractivity contribution in [1.29, 1.82) is 0 Å². The molecule has 4 heteroatoms. The Morgan fingerprint density at radius 2 is 1.94 bits per heavy atom. The van der Waals surface area contributed by atoms with Crippen LogP contribution in [-0.2, 0) is 6.61 Å². The molecule has 0 bridgehead atoms. The van der Waals surface area contributed by atoms with Gasteiger partial charge in [0.1, 0.15) is 12.4 Å². The van der Waals surface area contributed by atoms with E-state index in [-0.39, 0.29) is 5.75 Å². The zero-order chi connectivity index (χ0) is 11.4. The van der Waals surface area contributed by atoms with Crippen molar-refractivity contribution in [2.24, 2.45) is 0 Å². The topological polar surface area (TPSA) is 42.4 Å². The molecular formula is C12H10ClNO2. The first-order valence-electron chi connectivity index (χ1n) is 4.77. The summed E-state index contributed by atoms with van der Waals surface area (Å²) in [6.45, 7) is 0.395. The molecule has 0 amide bonds. The van der Waals surface area contributed by atoms with Gasteiger partial charge in [0, 0.05) is 6.20 Å². The molecule has 2 aromatic rings. The van der Waals surface area contributed by atoms with Crippen LogP contribution in [0.1, 0.15) is 5.56 Å². The zero-order valence-electron chi connectivity index (χ0n) is 8.43. The molecule has 0 saturated carbocycles. The van der Waals surface area contributed by atoms with Crippen LogP contribution in [0.5, 0.6) is 11.5 Å². The van der Waals surface area contributed by atoms with E-state index in [2.05, 4.69) is 4.98 Å². The van der Waals surface area contributed by atoms with Crippen LogP contribution in [0.3, 0.4) is 0 Å². The fourth-order valence-corrected chi connectivity index (χ4v) is 1.41. The van der Waals surface area contributed by atoms with E-state index in [1.807, 2.05) is 0 Å². The third kappa shape index (κ3) is 2.64. The van der Waals surface area contributed by atoms with Gasteiger partial charge >= 0.3 is 0 Å². The zero-order valence-corrected chi connectivity index (χ0v) is 9.19. The SMILES string of the molecule is Oc1ccc(COc2cccnc2Cl)cc1. The molecule has 0 fully saturated rings. The molecule has 2 rings (SSSR count). The monoisotopic (exact) mass is 235 g/mol. The average molecular weight is 236 g/mol.